The number of aromatic nitrogens is 3. The Hall–Kier alpha value is -3.06. The van der Waals surface area contributed by atoms with E-state index in [0.29, 0.717) is 30.0 Å². The number of ether oxygens (including phenoxy) is 1. The maximum absolute atomic E-state index is 12.5. The molecule has 162 valence electrons. The number of nitrogens with zero attached hydrogens (tertiary/aromatic N) is 3. The molecule has 1 amide bonds. The average Bonchev–Trinajstić information content (AvgIpc) is 3.21. The molecule has 0 aliphatic heterocycles. The van der Waals surface area contributed by atoms with Crippen LogP contribution in [0.5, 0.6) is 5.75 Å². The molecule has 1 atom stereocenters. The zero-order valence-corrected chi connectivity index (χ0v) is 18.8. The molecule has 3 rings (SSSR count). The van der Waals surface area contributed by atoms with Crippen molar-refractivity contribution in [2.45, 2.75) is 31.0 Å². The zero-order chi connectivity index (χ0) is 22.1. The third kappa shape index (κ3) is 5.76. The summed E-state index contributed by atoms with van der Waals surface area (Å²) in [6, 6.07) is 17.9. The molecule has 0 bridgehead atoms. The molecule has 3 aromatic rings. The minimum atomic E-state index is -0.0219. The maximum atomic E-state index is 12.5. The number of carbonyl (C=O) groups excluding carboxylic acids is 1. The molecular formula is C24H28N4O2S. The van der Waals surface area contributed by atoms with E-state index in [4.69, 9.17) is 4.74 Å². The molecule has 2 aromatic carbocycles. The highest BCUT2D eigenvalue weighted by atomic mass is 32.2. The highest BCUT2D eigenvalue weighted by Gasteiger charge is 2.18. The second-order valence-electron chi connectivity index (χ2n) is 7.01. The Bertz CT molecular complexity index is 1000. The number of benzene rings is 2. The predicted molar refractivity (Wildman–Crippen MR) is 125 cm³/mol. The lowest BCUT2D eigenvalue weighted by Gasteiger charge is -2.16. The van der Waals surface area contributed by atoms with Crippen LogP contribution in [-0.4, -0.2) is 40.1 Å². The Morgan fingerprint density at radius 2 is 1.94 bits per heavy atom. The molecule has 0 radical (unpaired) electrons. The number of methoxy groups -OCH3 is 1. The summed E-state index contributed by atoms with van der Waals surface area (Å²) in [5, 5.41) is 12.4. The second kappa shape index (κ2) is 11.4. The fraction of sp³-hybridized carbons (Fsp3) is 0.292. The standard InChI is InChI=1S/C24H28N4O2S/c1-4-15-28-23(20-13-9-10-14-21(20)30-3)26-27-24(28)31-17-22(29)25-16-18(5-2)19-11-7-6-8-12-19/h4,6-14,18H,1,5,15-17H2,2-3H3,(H,25,29). The van der Waals surface area contributed by atoms with Crippen LogP contribution >= 0.6 is 11.8 Å². The first kappa shape index (κ1) is 22.6. The van der Waals surface area contributed by atoms with Crippen molar-refractivity contribution in [3.63, 3.8) is 0 Å². The van der Waals surface area contributed by atoms with Crippen LogP contribution < -0.4 is 10.1 Å². The van der Waals surface area contributed by atoms with Crippen LogP contribution in [-0.2, 0) is 11.3 Å². The van der Waals surface area contributed by atoms with Crippen LogP contribution in [0.2, 0.25) is 0 Å². The molecule has 1 N–H and O–H groups in total. The number of hydrogen-bond donors (Lipinski definition) is 1. The summed E-state index contributed by atoms with van der Waals surface area (Å²) < 4.78 is 7.41. The summed E-state index contributed by atoms with van der Waals surface area (Å²) in [6.45, 7) is 7.13. The van der Waals surface area contributed by atoms with Crippen LogP contribution in [0.1, 0.15) is 24.8 Å². The first-order valence-corrected chi connectivity index (χ1v) is 11.3. The smallest absolute Gasteiger partial charge is 0.230 e. The summed E-state index contributed by atoms with van der Waals surface area (Å²) in [6.07, 6.45) is 2.76. The Kier molecular flexibility index (Phi) is 8.29. The normalized spacial score (nSPS) is 11.7. The predicted octanol–water partition coefficient (Wildman–Crippen LogP) is 4.54. The Balaban J connectivity index is 1.65. The molecule has 31 heavy (non-hydrogen) atoms. The van der Waals surface area contributed by atoms with Crippen LogP contribution in [0.3, 0.4) is 0 Å². The quantitative estimate of drug-likeness (QED) is 0.353. The number of nitrogens with one attached hydrogen (secondary N) is 1. The third-order valence-electron chi connectivity index (χ3n) is 5.02. The molecule has 1 unspecified atom stereocenters. The molecule has 6 nitrogen and oxygen atoms in total. The van der Waals surface area contributed by atoms with Crippen molar-refractivity contribution in [2.75, 3.05) is 19.4 Å². The van der Waals surface area contributed by atoms with E-state index in [0.717, 1.165) is 17.7 Å². The maximum Gasteiger partial charge on any atom is 0.230 e. The number of rotatable bonds is 11. The van der Waals surface area contributed by atoms with Gasteiger partial charge in [0.05, 0.1) is 18.4 Å². The average molecular weight is 437 g/mol. The summed E-state index contributed by atoms with van der Waals surface area (Å²) >= 11 is 1.37. The van der Waals surface area contributed by atoms with Gasteiger partial charge in [0.25, 0.3) is 0 Å². The zero-order valence-electron chi connectivity index (χ0n) is 18.0. The number of hydrogen-bond acceptors (Lipinski definition) is 5. The van der Waals surface area contributed by atoms with Gasteiger partial charge >= 0.3 is 0 Å². The molecule has 0 saturated heterocycles. The SMILES string of the molecule is C=CCn1c(SCC(=O)NCC(CC)c2ccccc2)nnc1-c1ccccc1OC. The van der Waals surface area contributed by atoms with Gasteiger partial charge in [-0.2, -0.15) is 0 Å². The lowest BCUT2D eigenvalue weighted by atomic mass is 9.96. The van der Waals surface area contributed by atoms with Gasteiger partial charge in [-0.15, -0.1) is 16.8 Å². The van der Waals surface area contributed by atoms with E-state index in [2.05, 4.69) is 41.1 Å². The van der Waals surface area contributed by atoms with Gasteiger partial charge in [-0.1, -0.05) is 67.2 Å². The molecule has 0 fully saturated rings. The number of amides is 1. The topological polar surface area (TPSA) is 69.0 Å². The van der Waals surface area contributed by atoms with Gasteiger partial charge in [0.15, 0.2) is 11.0 Å². The highest BCUT2D eigenvalue weighted by Crippen LogP contribution is 2.30. The van der Waals surface area contributed by atoms with Gasteiger partial charge < -0.3 is 10.1 Å². The molecule has 0 saturated carbocycles. The van der Waals surface area contributed by atoms with Crippen LogP contribution in [0.25, 0.3) is 11.4 Å². The van der Waals surface area contributed by atoms with Gasteiger partial charge in [-0.3, -0.25) is 9.36 Å². The fourth-order valence-electron chi connectivity index (χ4n) is 3.36. The van der Waals surface area contributed by atoms with Crippen molar-refractivity contribution in [3.8, 4) is 17.1 Å². The van der Waals surface area contributed by atoms with Gasteiger partial charge in [-0.25, -0.2) is 0 Å². The van der Waals surface area contributed by atoms with Gasteiger partial charge in [0, 0.05) is 19.0 Å². The highest BCUT2D eigenvalue weighted by molar-refractivity contribution is 7.99. The molecular weight excluding hydrogens is 408 g/mol. The van der Waals surface area contributed by atoms with E-state index in [1.165, 1.54) is 17.3 Å². The Labute approximate surface area is 187 Å². The van der Waals surface area contributed by atoms with E-state index in [9.17, 15) is 4.79 Å². The molecule has 1 heterocycles. The third-order valence-corrected chi connectivity index (χ3v) is 5.98. The second-order valence-corrected chi connectivity index (χ2v) is 7.96. The lowest BCUT2D eigenvalue weighted by molar-refractivity contribution is -0.118. The van der Waals surface area contributed by atoms with Crippen LogP contribution in [0, 0.1) is 0 Å². The van der Waals surface area contributed by atoms with Crippen molar-refractivity contribution < 1.29 is 9.53 Å². The van der Waals surface area contributed by atoms with Gasteiger partial charge in [0.2, 0.25) is 5.91 Å². The van der Waals surface area contributed by atoms with Crippen molar-refractivity contribution in [2.24, 2.45) is 0 Å². The largest absolute Gasteiger partial charge is 0.496 e. The molecule has 1 aromatic heterocycles. The van der Waals surface area contributed by atoms with Gasteiger partial charge in [0.1, 0.15) is 5.75 Å². The van der Waals surface area contributed by atoms with Crippen LogP contribution in [0.15, 0.2) is 72.4 Å². The monoisotopic (exact) mass is 436 g/mol. The summed E-state index contributed by atoms with van der Waals surface area (Å²) in [4.78, 5) is 12.5. The van der Waals surface area contributed by atoms with Crippen molar-refractivity contribution in [1.82, 2.24) is 20.1 Å². The Morgan fingerprint density at radius 1 is 1.19 bits per heavy atom. The van der Waals surface area contributed by atoms with E-state index < -0.39 is 0 Å². The first-order chi connectivity index (χ1) is 15.2. The number of thioether (sulfide) groups is 1. The molecule has 0 aliphatic rings. The summed E-state index contributed by atoms with van der Waals surface area (Å²) in [5.74, 6) is 1.96. The number of allylic oxidation sites excluding steroid dienone is 1. The van der Waals surface area contributed by atoms with Crippen molar-refractivity contribution in [1.29, 1.82) is 0 Å². The van der Waals surface area contributed by atoms with E-state index in [1.54, 1.807) is 13.2 Å². The molecule has 0 aliphatic carbocycles. The van der Waals surface area contributed by atoms with E-state index >= 15 is 0 Å². The first-order valence-electron chi connectivity index (χ1n) is 10.3. The summed E-state index contributed by atoms with van der Waals surface area (Å²) in [5.41, 5.74) is 2.09. The van der Waals surface area contributed by atoms with Crippen molar-refractivity contribution >= 4 is 17.7 Å². The van der Waals surface area contributed by atoms with Crippen molar-refractivity contribution in [3.05, 3.63) is 72.8 Å². The Morgan fingerprint density at radius 3 is 2.65 bits per heavy atom. The minimum Gasteiger partial charge on any atom is -0.496 e. The number of carbonyl (C=O) groups is 1. The molecule has 7 heteroatoms. The fourth-order valence-corrected chi connectivity index (χ4v) is 4.14. The number of para-hydroxylation sites is 1. The molecule has 0 spiro atoms. The van der Waals surface area contributed by atoms with E-state index in [-0.39, 0.29) is 11.7 Å². The summed E-state index contributed by atoms with van der Waals surface area (Å²) in [7, 11) is 1.63. The van der Waals surface area contributed by atoms with Crippen LogP contribution in [0.4, 0.5) is 0 Å². The minimum absolute atomic E-state index is 0.0219. The lowest BCUT2D eigenvalue weighted by Crippen LogP contribution is -2.29. The van der Waals surface area contributed by atoms with Gasteiger partial charge in [-0.05, 0) is 24.1 Å². The van der Waals surface area contributed by atoms with E-state index in [1.807, 2.05) is 47.0 Å².